The second-order valence-corrected chi connectivity index (χ2v) is 4.17. The molecule has 1 rings (SSSR count). The number of hydrogen-bond acceptors (Lipinski definition) is 1. The molecule has 2 heteroatoms. The van der Waals surface area contributed by atoms with Gasteiger partial charge in [-0.25, -0.2) is 0 Å². The Labute approximate surface area is 96.7 Å². The van der Waals surface area contributed by atoms with E-state index >= 15 is 0 Å². The van der Waals surface area contributed by atoms with Gasteiger partial charge in [-0.2, -0.15) is 5.26 Å². The smallest absolute Gasteiger partial charge is 0.0712 e. The Morgan fingerprint density at radius 3 is 2.47 bits per heavy atom. The topological polar surface area (TPSA) is 23.8 Å². The van der Waals surface area contributed by atoms with Gasteiger partial charge in [0.05, 0.1) is 12.0 Å². The molecule has 0 heterocycles. The molecule has 0 spiro atoms. The predicted octanol–water partition coefficient (Wildman–Crippen LogP) is 4.53. The van der Waals surface area contributed by atoms with Gasteiger partial charge in [0.25, 0.3) is 0 Å². The molecule has 0 aromatic heterocycles. The largest absolute Gasteiger partial charge is 0.198 e. The van der Waals surface area contributed by atoms with Gasteiger partial charge in [-0.05, 0) is 24.1 Å². The molecule has 1 aromatic rings. The zero-order valence-electron chi connectivity index (χ0n) is 9.04. The maximum Gasteiger partial charge on any atom is 0.0712 e. The van der Waals surface area contributed by atoms with Crippen molar-refractivity contribution < 1.29 is 0 Å². The second-order valence-electron chi connectivity index (χ2n) is 3.73. The van der Waals surface area contributed by atoms with Gasteiger partial charge in [0, 0.05) is 5.02 Å². The third-order valence-electron chi connectivity index (χ3n) is 2.52. The van der Waals surface area contributed by atoms with Crippen molar-refractivity contribution >= 4 is 11.6 Å². The van der Waals surface area contributed by atoms with E-state index < -0.39 is 0 Å². The first-order valence-electron chi connectivity index (χ1n) is 5.43. The number of nitriles is 1. The Hall–Kier alpha value is -1.00. The number of hydrogen-bond donors (Lipinski definition) is 0. The van der Waals surface area contributed by atoms with Crippen LogP contribution in [0.15, 0.2) is 24.3 Å². The predicted molar refractivity (Wildman–Crippen MR) is 63.9 cm³/mol. The summed E-state index contributed by atoms with van der Waals surface area (Å²) in [6.07, 6.45) is 4.47. The van der Waals surface area contributed by atoms with Crippen molar-refractivity contribution in [1.82, 2.24) is 0 Å². The van der Waals surface area contributed by atoms with Gasteiger partial charge in [-0.15, -0.1) is 0 Å². The molecule has 15 heavy (non-hydrogen) atoms. The Morgan fingerprint density at radius 2 is 1.93 bits per heavy atom. The fourth-order valence-electron chi connectivity index (χ4n) is 1.60. The number of benzene rings is 1. The van der Waals surface area contributed by atoms with Gasteiger partial charge < -0.3 is 0 Å². The monoisotopic (exact) mass is 221 g/mol. The molecular formula is C13H16ClN. The van der Waals surface area contributed by atoms with Crippen LogP contribution in [0.3, 0.4) is 0 Å². The van der Waals surface area contributed by atoms with E-state index in [1.165, 1.54) is 12.8 Å². The first-order chi connectivity index (χ1) is 7.27. The van der Waals surface area contributed by atoms with Gasteiger partial charge >= 0.3 is 0 Å². The zero-order chi connectivity index (χ0) is 11.1. The minimum Gasteiger partial charge on any atom is -0.198 e. The van der Waals surface area contributed by atoms with Gasteiger partial charge in [-0.1, -0.05) is 49.9 Å². The number of rotatable bonds is 5. The molecule has 0 N–H and O–H groups in total. The van der Waals surface area contributed by atoms with E-state index in [2.05, 4.69) is 13.0 Å². The first kappa shape index (κ1) is 12.1. The maximum atomic E-state index is 9.07. The molecule has 0 aliphatic carbocycles. The van der Waals surface area contributed by atoms with Crippen LogP contribution in [0.2, 0.25) is 5.02 Å². The lowest BCUT2D eigenvalue weighted by molar-refractivity contribution is 0.634. The van der Waals surface area contributed by atoms with Crippen LogP contribution in [0.1, 0.15) is 44.1 Å². The van der Waals surface area contributed by atoms with Gasteiger partial charge in [0.15, 0.2) is 0 Å². The average Bonchev–Trinajstić information content (AvgIpc) is 2.26. The third-order valence-corrected chi connectivity index (χ3v) is 2.78. The Morgan fingerprint density at radius 1 is 1.27 bits per heavy atom. The molecule has 0 aliphatic heterocycles. The van der Waals surface area contributed by atoms with Crippen molar-refractivity contribution in [2.24, 2.45) is 0 Å². The van der Waals surface area contributed by atoms with Crippen LogP contribution in [0.4, 0.5) is 0 Å². The highest BCUT2D eigenvalue weighted by Crippen LogP contribution is 2.23. The molecule has 0 fully saturated rings. The highest BCUT2D eigenvalue weighted by molar-refractivity contribution is 6.30. The number of unbranched alkanes of at least 4 members (excludes halogenated alkanes) is 2. The van der Waals surface area contributed by atoms with Crippen molar-refractivity contribution in [3.63, 3.8) is 0 Å². The lowest BCUT2D eigenvalue weighted by atomic mass is 9.95. The van der Waals surface area contributed by atoms with Crippen molar-refractivity contribution in [1.29, 1.82) is 5.26 Å². The van der Waals surface area contributed by atoms with Crippen LogP contribution in [0, 0.1) is 11.3 Å². The first-order valence-corrected chi connectivity index (χ1v) is 5.80. The maximum absolute atomic E-state index is 9.07. The van der Waals surface area contributed by atoms with Crippen LogP contribution in [0.5, 0.6) is 0 Å². The highest BCUT2D eigenvalue weighted by Gasteiger charge is 2.09. The Kier molecular flexibility index (Phi) is 5.21. The lowest BCUT2D eigenvalue weighted by Crippen LogP contribution is -1.95. The van der Waals surface area contributed by atoms with Crippen LogP contribution in [-0.4, -0.2) is 0 Å². The summed E-state index contributed by atoms with van der Waals surface area (Å²) in [6, 6.07) is 9.94. The van der Waals surface area contributed by atoms with E-state index in [1.54, 1.807) is 0 Å². The fraction of sp³-hybridized carbons (Fsp3) is 0.462. The minimum atomic E-state index is 0.0221. The van der Waals surface area contributed by atoms with Crippen LogP contribution < -0.4 is 0 Å². The molecule has 0 saturated carbocycles. The summed E-state index contributed by atoms with van der Waals surface area (Å²) in [7, 11) is 0. The quantitative estimate of drug-likeness (QED) is 0.671. The molecule has 0 unspecified atom stereocenters. The van der Waals surface area contributed by atoms with Crippen LogP contribution in [0.25, 0.3) is 0 Å². The van der Waals surface area contributed by atoms with Gasteiger partial charge in [0.1, 0.15) is 0 Å². The highest BCUT2D eigenvalue weighted by atomic mass is 35.5. The van der Waals surface area contributed by atoms with Gasteiger partial charge in [-0.3, -0.25) is 0 Å². The molecule has 0 bridgehead atoms. The molecule has 1 atom stereocenters. The van der Waals surface area contributed by atoms with E-state index in [-0.39, 0.29) is 5.92 Å². The average molecular weight is 222 g/mol. The molecule has 80 valence electrons. The van der Waals surface area contributed by atoms with Crippen molar-refractivity contribution in [2.45, 2.75) is 38.5 Å². The summed E-state index contributed by atoms with van der Waals surface area (Å²) in [5, 5.41) is 9.79. The Bertz CT molecular complexity index is 323. The van der Waals surface area contributed by atoms with Crippen molar-refractivity contribution in [3.05, 3.63) is 34.9 Å². The van der Waals surface area contributed by atoms with E-state index in [1.807, 2.05) is 24.3 Å². The molecule has 1 aromatic carbocycles. The summed E-state index contributed by atoms with van der Waals surface area (Å²) in [5.41, 5.74) is 1.08. The lowest BCUT2D eigenvalue weighted by Gasteiger charge is -2.08. The normalized spacial score (nSPS) is 12.1. The zero-order valence-corrected chi connectivity index (χ0v) is 9.80. The van der Waals surface area contributed by atoms with E-state index in [0.29, 0.717) is 0 Å². The molecule has 0 saturated heterocycles. The van der Waals surface area contributed by atoms with Crippen molar-refractivity contribution in [3.8, 4) is 6.07 Å². The molecule has 1 nitrogen and oxygen atoms in total. The van der Waals surface area contributed by atoms with E-state index in [9.17, 15) is 0 Å². The fourth-order valence-corrected chi connectivity index (χ4v) is 1.73. The summed E-state index contributed by atoms with van der Waals surface area (Å²) < 4.78 is 0. The van der Waals surface area contributed by atoms with E-state index in [0.717, 1.165) is 23.4 Å². The van der Waals surface area contributed by atoms with Crippen LogP contribution >= 0.6 is 11.6 Å². The van der Waals surface area contributed by atoms with E-state index in [4.69, 9.17) is 16.9 Å². The standard InChI is InChI=1S/C13H16ClN/c1-2-3-4-5-12(10-15)11-6-8-13(14)9-7-11/h6-9,12H,2-5H2,1H3/t12-/m0/s1. The molecule has 0 radical (unpaired) electrons. The number of halogens is 1. The molecule has 0 amide bonds. The summed E-state index contributed by atoms with van der Waals surface area (Å²) in [4.78, 5) is 0. The molecular weight excluding hydrogens is 206 g/mol. The minimum absolute atomic E-state index is 0.0221. The SMILES string of the molecule is CCCCC[C@@H](C#N)c1ccc(Cl)cc1. The van der Waals surface area contributed by atoms with Crippen molar-refractivity contribution in [2.75, 3.05) is 0 Å². The van der Waals surface area contributed by atoms with Gasteiger partial charge in [0.2, 0.25) is 0 Å². The second kappa shape index (κ2) is 6.48. The Balaban J connectivity index is 2.59. The summed E-state index contributed by atoms with van der Waals surface area (Å²) in [5.74, 6) is 0.0221. The third kappa shape index (κ3) is 3.93. The summed E-state index contributed by atoms with van der Waals surface area (Å²) in [6.45, 7) is 2.17. The number of nitrogens with zero attached hydrogens (tertiary/aromatic N) is 1. The van der Waals surface area contributed by atoms with Crippen LogP contribution in [-0.2, 0) is 0 Å². The summed E-state index contributed by atoms with van der Waals surface area (Å²) >= 11 is 5.80. The molecule has 0 aliphatic rings.